The Bertz CT molecular complexity index is 856. The molecule has 0 aliphatic rings. The highest BCUT2D eigenvalue weighted by atomic mass is 35.5. The number of amides is 1. The maximum absolute atomic E-state index is 13.6. The maximum atomic E-state index is 13.6. The van der Waals surface area contributed by atoms with Gasteiger partial charge in [0, 0.05) is 5.02 Å². The van der Waals surface area contributed by atoms with Gasteiger partial charge in [0.15, 0.2) is 11.6 Å². The number of primary amides is 1. The molecule has 0 radical (unpaired) electrons. The van der Waals surface area contributed by atoms with Gasteiger partial charge >= 0.3 is 0 Å². The van der Waals surface area contributed by atoms with Crippen molar-refractivity contribution >= 4 is 33.2 Å². The molecule has 3 N–H and O–H groups in total. The lowest BCUT2D eigenvalue weighted by molar-refractivity contribution is 0.100. The van der Waals surface area contributed by atoms with Crippen LogP contribution in [0.3, 0.4) is 0 Å². The number of sulfonamides is 1. The number of carbonyl (C=O) groups excluding carboxylic acids is 1. The van der Waals surface area contributed by atoms with Crippen molar-refractivity contribution in [2.24, 2.45) is 5.73 Å². The van der Waals surface area contributed by atoms with Gasteiger partial charge in [-0.25, -0.2) is 17.2 Å². The molecule has 0 fully saturated rings. The Kier molecular flexibility index (Phi) is 4.34. The molecule has 0 atom stereocenters. The summed E-state index contributed by atoms with van der Waals surface area (Å²) in [6, 6.07) is 6.39. The lowest BCUT2D eigenvalue weighted by atomic mass is 10.2. The molecule has 0 aromatic heterocycles. The molecule has 0 aliphatic carbocycles. The molecular weight excluding hydrogens is 338 g/mol. The third kappa shape index (κ3) is 3.18. The van der Waals surface area contributed by atoms with Crippen LogP contribution in [-0.2, 0) is 10.0 Å². The molecule has 5 nitrogen and oxygen atoms in total. The third-order valence-corrected chi connectivity index (χ3v) is 4.32. The highest BCUT2D eigenvalue weighted by molar-refractivity contribution is 7.92. The highest BCUT2D eigenvalue weighted by Crippen LogP contribution is 2.25. The van der Waals surface area contributed by atoms with E-state index in [1.54, 1.807) is 0 Å². The minimum atomic E-state index is -4.47. The number of nitrogens with one attached hydrogen (secondary N) is 1. The lowest BCUT2D eigenvalue weighted by Crippen LogP contribution is -2.19. The summed E-state index contributed by atoms with van der Waals surface area (Å²) in [4.78, 5) is 10.4. The highest BCUT2D eigenvalue weighted by Gasteiger charge is 2.23. The van der Waals surface area contributed by atoms with Crippen molar-refractivity contribution in [3.05, 3.63) is 58.6 Å². The largest absolute Gasteiger partial charge is 0.366 e. The van der Waals surface area contributed by atoms with E-state index in [2.05, 4.69) is 0 Å². The summed E-state index contributed by atoms with van der Waals surface area (Å²) in [5, 5.41) is 0.127. The van der Waals surface area contributed by atoms with Crippen LogP contribution >= 0.6 is 11.6 Å². The molecule has 0 bridgehead atoms. The van der Waals surface area contributed by atoms with Crippen LogP contribution in [-0.4, -0.2) is 14.3 Å². The zero-order valence-corrected chi connectivity index (χ0v) is 12.4. The lowest BCUT2D eigenvalue weighted by Gasteiger charge is -2.12. The van der Waals surface area contributed by atoms with Gasteiger partial charge in [0.05, 0.1) is 11.3 Å². The van der Waals surface area contributed by atoms with Crippen molar-refractivity contribution in [2.45, 2.75) is 4.90 Å². The minimum Gasteiger partial charge on any atom is -0.366 e. The van der Waals surface area contributed by atoms with E-state index in [9.17, 15) is 22.0 Å². The van der Waals surface area contributed by atoms with Gasteiger partial charge in [-0.3, -0.25) is 9.52 Å². The first-order valence-electron chi connectivity index (χ1n) is 5.78. The Hall–Kier alpha value is -2.19. The van der Waals surface area contributed by atoms with E-state index in [4.69, 9.17) is 17.3 Å². The monoisotopic (exact) mass is 346 g/mol. The van der Waals surface area contributed by atoms with Crippen LogP contribution in [0.4, 0.5) is 14.5 Å². The van der Waals surface area contributed by atoms with Gasteiger partial charge in [0.25, 0.3) is 15.9 Å². The molecule has 0 saturated heterocycles. The smallest absolute Gasteiger partial charge is 0.264 e. The molecule has 0 unspecified atom stereocenters. The maximum Gasteiger partial charge on any atom is 0.264 e. The van der Waals surface area contributed by atoms with Crippen molar-refractivity contribution < 1.29 is 22.0 Å². The Morgan fingerprint density at radius 2 is 1.86 bits per heavy atom. The topological polar surface area (TPSA) is 89.3 Å². The molecule has 2 aromatic rings. The number of hydrogen-bond acceptors (Lipinski definition) is 3. The number of halogens is 3. The fourth-order valence-corrected chi connectivity index (χ4v) is 3.04. The van der Waals surface area contributed by atoms with E-state index in [-0.39, 0.29) is 16.3 Å². The summed E-state index contributed by atoms with van der Waals surface area (Å²) in [7, 11) is -4.47. The molecule has 1 amide bonds. The van der Waals surface area contributed by atoms with Crippen molar-refractivity contribution in [3.8, 4) is 0 Å². The first kappa shape index (κ1) is 16.2. The summed E-state index contributed by atoms with van der Waals surface area (Å²) in [5.41, 5.74) is 4.73. The van der Waals surface area contributed by atoms with Crippen molar-refractivity contribution in [1.29, 1.82) is 0 Å². The number of carbonyl (C=O) groups is 1. The number of rotatable bonds is 4. The molecule has 9 heteroatoms. The summed E-state index contributed by atoms with van der Waals surface area (Å²) in [6.07, 6.45) is 0. The molecule has 2 aromatic carbocycles. The third-order valence-electron chi connectivity index (χ3n) is 2.70. The molecule has 0 aliphatic heterocycles. The fraction of sp³-hybridized carbons (Fsp3) is 0. The zero-order chi connectivity index (χ0) is 16.5. The first-order chi connectivity index (χ1) is 10.2. The van der Waals surface area contributed by atoms with Crippen molar-refractivity contribution in [1.82, 2.24) is 0 Å². The van der Waals surface area contributed by atoms with Gasteiger partial charge in [-0.1, -0.05) is 17.7 Å². The molecule has 0 heterocycles. The second-order valence-electron chi connectivity index (χ2n) is 4.21. The number of anilines is 1. The predicted octanol–water partition coefficient (Wildman–Crippen LogP) is 2.52. The molecule has 2 rings (SSSR count). The van der Waals surface area contributed by atoms with Crippen LogP contribution in [0.1, 0.15) is 10.4 Å². The number of hydrogen-bond donors (Lipinski definition) is 2. The van der Waals surface area contributed by atoms with Gasteiger partial charge < -0.3 is 5.73 Å². The second-order valence-corrected chi connectivity index (χ2v) is 6.30. The molecule has 0 spiro atoms. The Labute approximate surface area is 129 Å². The zero-order valence-electron chi connectivity index (χ0n) is 10.8. The van der Waals surface area contributed by atoms with E-state index in [0.717, 1.165) is 24.3 Å². The first-order valence-corrected chi connectivity index (χ1v) is 7.64. The van der Waals surface area contributed by atoms with E-state index in [0.29, 0.717) is 0 Å². The van der Waals surface area contributed by atoms with Gasteiger partial charge in [-0.2, -0.15) is 0 Å². The Morgan fingerprint density at radius 3 is 2.50 bits per heavy atom. The van der Waals surface area contributed by atoms with Crippen molar-refractivity contribution in [2.75, 3.05) is 4.72 Å². The quantitative estimate of drug-likeness (QED) is 0.891. The van der Waals surface area contributed by atoms with Gasteiger partial charge in [0.2, 0.25) is 0 Å². The number of benzene rings is 2. The SMILES string of the molecule is NC(=O)c1ccc(Cl)cc1NS(=O)(=O)c1cccc(F)c1F. The van der Waals surface area contributed by atoms with Crippen LogP contribution in [0.25, 0.3) is 0 Å². The summed E-state index contributed by atoms with van der Waals surface area (Å²) in [5.74, 6) is -3.75. The summed E-state index contributed by atoms with van der Waals surface area (Å²) >= 11 is 5.73. The molecule has 0 saturated carbocycles. The molecular formula is C13H9ClF2N2O3S. The minimum absolute atomic E-state index is 0.127. The van der Waals surface area contributed by atoms with Crippen LogP contribution in [0.2, 0.25) is 5.02 Å². The van der Waals surface area contributed by atoms with Crippen LogP contribution in [0.5, 0.6) is 0 Å². The van der Waals surface area contributed by atoms with E-state index in [1.165, 1.54) is 12.1 Å². The Balaban J connectivity index is 2.52. The van der Waals surface area contributed by atoms with E-state index in [1.807, 2.05) is 4.72 Å². The Morgan fingerprint density at radius 1 is 1.18 bits per heavy atom. The average molecular weight is 347 g/mol. The van der Waals surface area contributed by atoms with Gasteiger partial charge in [-0.05, 0) is 30.3 Å². The van der Waals surface area contributed by atoms with E-state index < -0.39 is 32.5 Å². The fourth-order valence-electron chi connectivity index (χ4n) is 1.71. The summed E-state index contributed by atoms with van der Waals surface area (Å²) in [6.45, 7) is 0. The van der Waals surface area contributed by atoms with Gasteiger partial charge in [0.1, 0.15) is 4.90 Å². The number of nitrogens with two attached hydrogens (primary N) is 1. The van der Waals surface area contributed by atoms with Crippen LogP contribution in [0, 0.1) is 11.6 Å². The molecule has 116 valence electrons. The normalized spacial score (nSPS) is 11.2. The predicted molar refractivity (Wildman–Crippen MR) is 77.1 cm³/mol. The van der Waals surface area contributed by atoms with Crippen LogP contribution in [0.15, 0.2) is 41.3 Å². The standard InChI is InChI=1S/C13H9ClF2N2O3S/c14-7-4-5-8(13(17)19)10(6-7)18-22(20,21)11-3-1-2-9(15)12(11)16/h1-6,18H,(H2,17,19). The summed E-state index contributed by atoms with van der Waals surface area (Å²) < 4.78 is 53.1. The average Bonchev–Trinajstić information content (AvgIpc) is 2.40. The molecule has 22 heavy (non-hydrogen) atoms. The van der Waals surface area contributed by atoms with Gasteiger partial charge in [-0.15, -0.1) is 0 Å². The second kappa shape index (κ2) is 5.90. The van der Waals surface area contributed by atoms with Crippen molar-refractivity contribution in [3.63, 3.8) is 0 Å². The van der Waals surface area contributed by atoms with Crippen LogP contribution < -0.4 is 10.5 Å². The van der Waals surface area contributed by atoms with E-state index >= 15 is 0 Å².